The standard InChI is InChI=1S/C14H13NOS/c1-10(8-15)12-9-17-14(13(12)16-2)11-6-4-3-5-7-11/h3-7,9-10H,1-2H3. The average Bonchev–Trinajstić information content (AvgIpc) is 2.82. The van der Waals surface area contributed by atoms with E-state index in [9.17, 15) is 0 Å². The molecule has 1 atom stereocenters. The van der Waals surface area contributed by atoms with Crippen molar-refractivity contribution in [3.63, 3.8) is 0 Å². The number of thiophene rings is 1. The van der Waals surface area contributed by atoms with E-state index < -0.39 is 0 Å². The number of nitriles is 1. The summed E-state index contributed by atoms with van der Waals surface area (Å²) in [5.41, 5.74) is 2.10. The highest BCUT2D eigenvalue weighted by Crippen LogP contribution is 2.41. The summed E-state index contributed by atoms with van der Waals surface area (Å²) < 4.78 is 5.45. The van der Waals surface area contributed by atoms with E-state index in [-0.39, 0.29) is 5.92 Å². The molecule has 0 amide bonds. The summed E-state index contributed by atoms with van der Waals surface area (Å²) >= 11 is 1.62. The molecule has 0 aliphatic heterocycles. The molecule has 2 aromatic rings. The lowest BCUT2D eigenvalue weighted by Gasteiger charge is -2.07. The van der Waals surface area contributed by atoms with Gasteiger partial charge in [-0.2, -0.15) is 5.26 Å². The molecule has 2 rings (SSSR count). The Morgan fingerprint density at radius 3 is 2.59 bits per heavy atom. The molecule has 1 heterocycles. The zero-order chi connectivity index (χ0) is 12.3. The Morgan fingerprint density at radius 2 is 2.00 bits per heavy atom. The van der Waals surface area contributed by atoms with Gasteiger partial charge in [-0.1, -0.05) is 30.3 Å². The highest BCUT2D eigenvalue weighted by Gasteiger charge is 2.18. The fourth-order valence-corrected chi connectivity index (χ4v) is 2.86. The van der Waals surface area contributed by atoms with Gasteiger partial charge in [0.05, 0.1) is 24.0 Å². The molecule has 0 N–H and O–H groups in total. The fraction of sp³-hybridized carbons (Fsp3) is 0.214. The maximum absolute atomic E-state index is 8.99. The smallest absolute Gasteiger partial charge is 0.141 e. The van der Waals surface area contributed by atoms with Gasteiger partial charge in [-0.05, 0) is 17.9 Å². The summed E-state index contributed by atoms with van der Waals surface area (Å²) in [6.45, 7) is 1.89. The molecule has 0 saturated heterocycles. The van der Waals surface area contributed by atoms with Gasteiger partial charge >= 0.3 is 0 Å². The van der Waals surface area contributed by atoms with Crippen molar-refractivity contribution in [3.05, 3.63) is 41.3 Å². The molecule has 1 unspecified atom stereocenters. The number of hydrogen-bond acceptors (Lipinski definition) is 3. The molecule has 1 aromatic heterocycles. The van der Waals surface area contributed by atoms with E-state index in [1.54, 1.807) is 18.4 Å². The largest absolute Gasteiger partial charge is 0.495 e. The molecule has 17 heavy (non-hydrogen) atoms. The lowest BCUT2D eigenvalue weighted by atomic mass is 10.0. The Labute approximate surface area is 105 Å². The predicted octanol–water partition coefficient (Wildman–Crippen LogP) is 4.05. The minimum absolute atomic E-state index is 0.140. The van der Waals surface area contributed by atoms with Crippen molar-refractivity contribution in [1.82, 2.24) is 0 Å². The second-order valence-corrected chi connectivity index (χ2v) is 4.65. The zero-order valence-electron chi connectivity index (χ0n) is 9.81. The topological polar surface area (TPSA) is 33.0 Å². The summed E-state index contributed by atoms with van der Waals surface area (Å²) in [5, 5.41) is 11.0. The molecular formula is C14H13NOS. The van der Waals surface area contributed by atoms with Gasteiger partial charge in [0.2, 0.25) is 0 Å². The maximum Gasteiger partial charge on any atom is 0.141 e. The first-order valence-corrected chi connectivity index (χ1v) is 6.26. The van der Waals surface area contributed by atoms with Gasteiger partial charge < -0.3 is 4.74 Å². The third-order valence-electron chi connectivity index (χ3n) is 2.67. The van der Waals surface area contributed by atoms with Crippen LogP contribution >= 0.6 is 11.3 Å². The Bertz CT molecular complexity index is 539. The van der Waals surface area contributed by atoms with Crippen molar-refractivity contribution in [1.29, 1.82) is 5.26 Å². The van der Waals surface area contributed by atoms with Crippen molar-refractivity contribution in [3.8, 4) is 22.3 Å². The molecule has 1 aromatic carbocycles. The first-order valence-electron chi connectivity index (χ1n) is 5.38. The number of benzene rings is 1. The molecule has 0 bridgehead atoms. The molecule has 0 saturated carbocycles. The van der Waals surface area contributed by atoms with Gasteiger partial charge in [-0.25, -0.2) is 0 Å². The van der Waals surface area contributed by atoms with Gasteiger partial charge in [-0.15, -0.1) is 11.3 Å². The molecule has 0 aliphatic rings. The van der Waals surface area contributed by atoms with Crippen molar-refractivity contribution in [2.45, 2.75) is 12.8 Å². The summed E-state index contributed by atoms with van der Waals surface area (Å²) in [4.78, 5) is 1.09. The number of hydrogen-bond donors (Lipinski definition) is 0. The monoisotopic (exact) mass is 243 g/mol. The molecule has 0 aliphatic carbocycles. The van der Waals surface area contributed by atoms with Gasteiger partial charge in [0.25, 0.3) is 0 Å². The zero-order valence-corrected chi connectivity index (χ0v) is 10.6. The number of rotatable bonds is 3. The molecule has 2 nitrogen and oxygen atoms in total. The van der Waals surface area contributed by atoms with Gasteiger partial charge in [0.15, 0.2) is 0 Å². The van der Waals surface area contributed by atoms with Crippen LogP contribution in [0.1, 0.15) is 18.4 Å². The normalized spacial score (nSPS) is 11.8. The summed E-state index contributed by atoms with van der Waals surface area (Å²) in [6.07, 6.45) is 0. The van der Waals surface area contributed by atoms with Gasteiger partial charge in [0.1, 0.15) is 5.75 Å². The van der Waals surface area contributed by atoms with Crippen LogP contribution < -0.4 is 4.74 Å². The molecule has 0 radical (unpaired) electrons. The van der Waals surface area contributed by atoms with Gasteiger partial charge in [0, 0.05) is 5.56 Å². The van der Waals surface area contributed by atoms with E-state index in [0.29, 0.717) is 0 Å². The Hall–Kier alpha value is -1.79. The van der Waals surface area contributed by atoms with Crippen LogP contribution in [-0.2, 0) is 0 Å². The lowest BCUT2D eigenvalue weighted by molar-refractivity contribution is 0.412. The van der Waals surface area contributed by atoms with Crippen LogP contribution in [0.4, 0.5) is 0 Å². The first kappa shape index (κ1) is 11.7. The second kappa shape index (κ2) is 5.03. The SMILES string of the molecule is COc1c(C(C)C#N)csc1-c1ccccc1. The van der Waals surface area contributed by atoms with Crippen molar-refractivity contribution < 1.29 is 4.74 Å². The number of methoxy groups -OCH3 is 1. The Balaban J connectivity index is 2.51. The van der Waals surface area contributed by atoms with E-state index in [2.05, 4.69) is 18.2 Å². The van der Waals surface area contributed by atoms with Crippen LogP contribution in [0.2, 0.25) is 0 Å². The molecule has 0 fully saturated rings. The number of ether oxygens (including phenoxy) is 1. The minimum atomic E-state index is -0.140. The average molecular weight is 243 g/mol. The summed E-state index contributed by atoms with van der Waals surface area (Å²) in [5.74, 6) is 0.689. The third-order valence-corrected chi connectivity index (χ3v) is 3.70. The second-order valence-electron chi connectivity index (χ2n) is 3.77. The molecule has 0 spiro atoms. The minimum Gasteiger partial charge on any atom is -0.495 e. The molecular weight excluding hydrogens is 230 g/mol. The fourth-order valence-electron chi connectivity index (χ4n) is 1.73. The van der Waals surface area contributed by atoms with Crippen molar-refractivity contribution in [2.75, 3.05) is 7.11 Å². The van der Waals surface area contributed by atoms with Crippen LogP contribution in [0.5, 0.6) is 5.75 Å². The molecule has 86 valence electrons. The number of nitrogens with zero attached hydrogens (tertiary/aromatic N) is 1. The van der Waals surface area contributed by atoms with Crippen LogP contribution in [-0.4, -0.2) is 7.11 Å². The van der Waals surface area contributed by atoms with Crippen LogP contribution in [0, 0.1) is 11.3 Å². The predicted molar refractivity (Wildman–Crippen MR) is 70.3 cm³/mol. The summed E-state index contributed by atoms with van der Waals surface area (Å²) in [6, 6.07) is 12.3. The first-order chi connectivity index (χ1) is 8.27. The van der Waals surface area contributed by atoms with E-state index in [1.165, 1.54) is 0 Å². The van der Waals surface area contributed by atoms with Crippen LogP contribution in [0.15, 0.2) is 35.7 Å². The van der Waals surface area contributed by atoms with E-state index >= 15 is 0 Å². The van der Waals surface area contributed by atoms with Crippen molar-refractivity contribution >= 4 is 11.3 Å². The highest BCUT2D eigenvalue weighted by atomic mass is 32.1. The van der Waals surface area contributed by atoms with E-state index in [4.69, 9.17) is 10.00 Å². The Morgan fingerprint density at radius 1 is 1.29 bits per heavy atom. The van der Waals surface area contributed by atoms with Gasteiger partial charge in [-0.3, -0.25) is 0 Å². The van der Waals surface area contributed by atoms with Crippen molar-refractivity contribution in [2.24, 2.45) is 0 Å². The van der Waals surface area contributed by atoms with Crippen LogP contribution in [0.25, 0.3) is 10.4 Å². The summed E-state index contributed by atoms with van der Waals surface area (Å²) in [7, 11) is 1.65. The molecule has 3 heteroatoms. The highest BCUT2D eigenvalue weighted by molar-refractivity contribution is 7.14. The third kappa shape index (κ3) is 2.17. The quantitative estimate of drug-likeness (QED) is 0.814. The van der Waals surface area contributed by atoms with E-state index in [1.807, 2.05) is 30.5 Å². The van der Waals surface area contributed by atoms with E-state index in [0.717, 1.165) is 21.8 Å². The van der Waals surface area contributed by atoms with Crippen LogP contribution in [0.3, 0.4) is 0 Å². The maximum atomic E-state index is 8.99. The lowest BCUT2D eigenvalue weighted by Crippen LogP contribution is -1.92. The Kier molecular flexibility index (Phi) is 3.46.